The Labute approximate surface area is 190 Å². The van der Waals surface area contributed by atoms with Crippen molar-refractivity contribution in [2.24, 2.45) is 0 Å². The van der Waals surface area contributed by atoms with E-state index in [-0.39, 0.29) is 12.0 Å². The van der Waals surface area contributed by atoms with Crippen molar-refractivity contribution in [1.82, 2.24) is 4.98 Å². The maximum Gasteiger partial charge on any atom is 0.228 e. The second-order valence-electron chi connectivity index (χ2n) is 7.23. The van der Waals surface area contributed by atoms with Crippen molar-refractivity contribution in [3.8, 4) is 0 Å². The minimum absolute atomic E-state index is 0.112. The van der Waals surface area contributed by atoms with Gasteiger partial charge < -0.3 is 4.74 Å². The summed E-state index contributed by atoms with van der Waals surface area (Å²) in [5, 5.41) is 0.791. The fourth-order valence-corrected chi connectivity index (χ4v) is 5.90. The van der Waals surface area contributed by atoms with Gasteiger partial charge in [-0.15, -0.1) is 23.5 Å². The smallest absolute Gasteiger partial charge is 0.228 e. The zero-order chi connectivity index (χ0) is 20.8. The van der Waals surface area contributed by atoms with Gasteiger partial charge in [0.05, 0.1) is 22.9 Å². The van der Waals surface area contributed by atoms with Crippen molar-refractivity contribution in [2.75, 3.05) is 30.1 Å². The lowest BCUT2D eigenvalue weighted by Gasteiger charge is -2.23. The van der Waals surface area contributed by atoms with Gasteiger partial charge in [0.2, 0.25) is 5.91 Å². The lowest BCUT2D eigenvalue weighted by atomic mass is 10.2. The molecule has 1 aliphatic heterocycles. The van der Waals surface area contributed by atoms with Crippen LogP contribution in [0.15, 0.2) is 58.3 Å². The Morgan fingerprint density at radius 3 is 2.87 bits per heavy atom. The van der Waals surface area contributed by atoms with E-state index in [0.29, 0.717) is 13.0 Å². The molecule has 3 aromatic rings. The number of ether oxygens (including phenoxy) is 1. The van der Waals surface area contributed by atoms with E-state index in [1.807, 2.05) is 29.2 Å². The van der Waals surface area contributed by atoms with Gasteiger partial charge in [0.15, 0.2) is 5.13 Å². The number of hydrogen-bond acceptors (Lipinski definition) is 6. The number of aromatic nitrogens is 1. The third kappa shape index (κ3) is 5.58. The van der Waals surface area contributed by atoms with Crippen LogP contribution in [0.1, 0.15) is 25.7 Å². The molecule has 1 aromatic heterocycles. The van der Waals surface area contributed by atoms with Crippen molar-refractivity contribution in [1.29, 1.82) is 0 Å². The van der Waals surface area contributed by atoms with E-state index in [2.05, 4.69) is 30.5 Å². The number of benzene rings is 2. The number of nitrogens with zero attached hydrogens (tertiary/aromatic N) is 2. The summed E-state index contributed by atoms with van der Waals surface area (Å²) in [5.74, 6) is 1.07. The molecule has 30 heavy (non-hydrogen) atoms. The largest absolute Gasteiger partial charge is 0.376 e. The van der Waals surface area contributed by atoms with Crippen molar-refractivity contribution in [3.05, 3.63) is 48.5 Å². The highest BCUT2D eigenvalue weighted by atomic mass is 32.2. The van der Waals surface area contributed by atoms with E-state index in [0.717, 1.165) is 47.0 Å². The maximum atomic E-state index is 13.2. The minimum Gasteiger partial charge on any atom is -0.376 e. The fourth-order valence-electron chi connectivity index (χ4n) is 3.48. The summed E-state index contributed by atoms with van der Waals surface area (Å²) in [6.07, 6.45) is 5.64. The number of carbonyl (C=O) groups is 1. The van der Waals surface area contributed by atoms with Gasteiger partial charge in [-0.1, -0.05) is 29.5 Å². The average molecular weight is 459 g/mol. The van der Waals surface area contributed by atoms with E-state index in [9.17, 15) is 4.79 Å². The number of amides is 1. The summed E-state index contributed by atoms with van der Waals surface area (Å²) >= 11 is 5.12. The third-order valence-corrected chi connectivity index (χ3v) is 7.94. The second kappa shape index (κ2) is 10.7. The SMILES string of the molecule is CSc1ccc2nc(N(CC3CCCO3)C(=O)CCCSc3ccccc3)sc2c1. The lowest BCUT2D eigenvalue weighted by Crippen LogP contribution is -2.37. The standard InChI is InChI=1S/C23H26N2O2S3/c1-28-19-11-12-20-21(15-19)30-23(24-20)25(16-17-7-5-13-27-17)22(26)10-6-14-29-18-8-3-2-4-9-18/h2-4,8-9,11-12,15,17H,5-7,10,13-14,16H2,1H3. The molecule has 1 fully saturated rings. The molecule has 0 saturated carbocycles. The van der Waals surface area contributed by atoms with E-state index < -0.39 is 0 Å². The van der Waals surface area contributed by atoms with Crippen LogP contribution in [0.3, 0.4) is 0 Å². The molecule has 0 spiro atoms. The zero-order valence-corrected chi connectivity index (χ0v) is 19.5. The summed E-state index contributed by atoms with van der Waals surface area (Å²) in [7, 11) is 0. The predicted molar refractivity (Wildman–Crippen MR) is 129 cm³/mol. The van der Waals surface area contributed by atoms with Crippen LogP contribution in [0.25, 0.3) is 10.2 Å². The molecule has 1 saturated heterocycles. The van der Waals surface area contributed by atoms with Crippen molar-refractivity contribution in [3.63, 3.8) is 0 Å². The average Bonchev–Trinajstić information content (AvgIpc) is 3.44. The molecule has 4 rings (SSSR count). The number of thiazole rings is 1. The molecular formula is C23H26N2O2S3. The molecule has 7 heteroatoms. The normalized spacial score (nSPS) is 16.2. The minimum atomic E-state index is 0.112. The van der Waals surface area contributed by atoms with Crippen molar-refractivity contribution >= 4 is 56.1 Å². The Kier molecular flexibility index (Phi) is 7.71. The first kappa shape index (κ1) is 21.7. The molecule has 0 radical (unpaired) electrons. The Morgan fingerprint density at radius 1 is 1.23 bits per heavy atom. The summed E-state index contributed by atoms with van der Waals surface area (Å²) in [6.45, 7) is 1.39. The highest BCUT2D eigenvalue weighted by Gasteiger charge is 2.26. The first-order chi connectivity index (χ1) is 14.7. The molecule has 4 nitrogen and oxygen atoms in total. The zero-order valence-electron chi connectivity index (χ0n) is 17.1. The number of thioether (sulfide) groups is 2. The van der Waals surface area contributed by atoms with Crippen molar-refractivity contribution in [2.45, 2.75) is 41.6 Å². The van der Waals surface area contributed by atoms with E-state index >= 15 is 0 Å². The Bertz CT molecular complexity index is 971. The van der Waals surface area contributed by atoms with Gasteiger partial charge in [-0.25, -0.2) is 4.98 Å². The molecule has 1 atom stereocenters. The molecule has 1 amide bonds. The van der Waals surface area contributed by atoms with Crippen LogP contribution in [0.2, 0.25) is 0 Å². The van der Waals surface area contributed by atoms with Crippen molar-refractivity contribution < 1.29 is 9.53 Å². The Morgan fingerprint density at radius 2 is 2.10 bits per heavy atom. The molecule has 2 aromatic carbocycles. The summed E-state index contributed by atoms with van der Waals surface area (Å²) < 4.78 is 6.95. The van der Waals surface area contributed by atoms with Gasteiger partial charge >= 0.3 is 0 Å². The fraction of sp³-hybridized carbons (Fsp3) is 0.391. The first-order valence-electron chi connectivity index (χ1n) is 10.3. The van der Waals surface area contributed by atoms with Crippen LogP contribution in [-0.2, 0) is 9.53 Å². The monoisotopic (exact) mass is 458 g/mol. The van der Waals surface area contributed by atoms with Gasteiger partial charge in [-0.2, -0.15) is 0 Å². The van der Waals surface area contributed by atoms with E-state index in [1.54, 1.807) is 34.9 Å². The number of rotatable bonds is 9. The second-order valence-corrected chi connectivity index (χ2v) is 10.3. The van der Waals surface area contributed by atoms with Crippen LogP contribution in [-0.4, -0.2) is 42.2 Å². The van der Waals surface area contributed by atoms with Gasteiger partial charge in [0.25, 0.3) is 0 Å². The summed E-state index contributed by atoms with van der Waals surface area (Å²) in [5.41, 5.74) is 0.956. The number of fused-ring (bicyclic) bond motifs is 1. The number of anilines is 1. The first-order valence-corrected chi connectivity index (χ1v) is 13.3. The van der Waals surface area contributed by atoms with Crippen LogP contribution in [0.5, 0.6) is 0 Å². The van der Waals surface area contributed by atoms with Crippen LogP contribution >= 0.6 is 34.9 Å². The highest BCUT2D eigenvalue weighted by molar-refractivity contribution is 7.99. The summed E-state index contributed by atoms with van der Waals surface area (Å²) in [6, 6.07) is 16.6. The Balaban J connectivity index is 1.44. The van der Waals surface area contributed by atoms with E-state index in [4.69, 9.17) is 9.72 Å². The predicted octanol–water partition coefficient (Wildman–Crippen LogP) is 6.10. The quantitative estimate of drug-likeness (QED) is 0.286. The maximum absolute atomic E-state index is 13.2. The van der Waals surface area contributed by atoms with Crippen LogP contribution in [0, 0.1) is 0 Å². The summed E-state index contributed by atoms with van der Waals surface area (Å²) in [4.78, 5) is 22.3. The van der Waals surface area contributed by atoms with Gasteiger partial charge in [0.1, 0.15) is 0 Å². The van der Waals surface area contributed by atoms with Gasteiger partial charge in [-0.3, -0.25) is 9.69 Å². The third-order valence-electron chi connectivity index (χ3n) is 5.07. The molecule has 158 valence electrons. The topological polar surface area (TPSA) is 42.4 Å². The number of hydrogen-bond donors (Lipinski definition) is 0. The highest BCUT2D eigenvalue weighted by Crippen LogP contribution is 2.33. The molecule has 2 heterocycles. The van der Waals surface area contributed by atoms with Crippen LogP contribution < -0.4 is 4.90 Å². The number of carbonyl (C=O) groups excluding carboxylic acids is 1. The Hall–Kier alpha value is -1.54. The molecule has 0 bridgehead atoms. The lowest BCUT2D eigenvalue weighted by molar-refractivity contribution is -0.119. The molecule has 0 N–H and O–H groups in total. The van der Waals surface area contributed by atoms with Gasteiger partial charge in [-0.05, 0) is 61.6 Å². The molecule has 1 unspecified atom stereocenters. The van der Waals surface area contributed by atoms with Crippen LogP contribution in [0.4, 0.5) is 5.13 Å². The van der Waals surface area contributed by atoms with Gasteiger partial charge in [0, 0.05) is 22.8 Å². The van der Waals surface area contributed by atoms with E-state index in [1.165, 1.54) is 9.79 Å². The molecule has 0 aliphatic carbocycles. The molecular weight excluding hydrogens is 432 g/mol. The molecule has 1 aliphatic rings.